The van der Waals surface area contributed by atoms with Gasteiger partial charge < -0.3 is 10.1 Å². The number of benzene rings is 1. The van der Waals surface area contributed by atoms with Crippen molar-refractivity contribution in [2.45, 2.75) is 33.1 Å². The van der Waals surface area contributed by atoms with E-state index in [9.17, 15) is 4.79 Å². The topological polar surface area (TPSA) is 71.8 Å². The number of carbonyl (C=O) groups is 1. The molecule has 0 saturated carbocycles. The van der Waals surface area contributed by atoms with Gasteiger partial charge in [0.05, 0.1) is 18.7 Å². The first kappa shape index (κ1) is 19.8. The van der Waals surface area contributed by atoms with E-state index in [2.05, 4.69) is 22.2 Å². The molecule has 3 heterocycles. The molecule has 3 aromatic rings. The van der Waals surface area contributed by atoms with Crippen LogP contribution in [0, 0.1) is 13.8 Å². The molecule has 154 valence electrons. The van der Waals surface area contributed by atoms with Gasteiger partial charge in [-0.05, 0) is 50.9 Å². The number of amides is 1. The maximum absolute atomic E-state index is 12.3. The molecule has 7 heteroatoms. The van der Waals surface area contributed by atoms with Crippen LogP contribution in [0.2, 0.25) is 0 Å². The van der Waals surface area contributed by atoms with Crippen LogP contribution in [0.3, 0.4) is 0 Å². The Labute approximate surface area is 171 Å². The number of morpholine rings is 1. The molecule has 0 spiro atoms. The van der Waals surface area contributed by atoms with E-state index in [4.69, 9.17) is 9.72 Å². The fourth-order valence-electron chi connectivity index (χ4n) is 4.02. The van der Waals surface area contributed by atoms with E-state index < -0.39 is 0 Å². The number of hydrogen-bond donors (Lipinski definition) is 1. The molecule has 1 fully saturated rings. The highest BCUT2D eigenvalue weighted by Gasteiger charge is 2.15. The van der Waals surface area contributed by atoms with Crippen molar-refractivity contribution in [1.82, 2.24) is 24.8 Å². The molecular formula is C22H29N5O2. The van der Waals surface area contributed by atoms with Crippen molar-refractivity contribution in [3.05, 3.63) is 41.2 Å². The summed E-state index contributed by atoms with van der Waals surface area (Å²) in [5.41, 5.74) is 4.96. The molecule has 0 bridgehead atoms. The van der Waals surface area contributed by atoms with Gasteiger partial charge in [-0.15, -0.1) is 0 Å². The molecule has 1 aromatic carbocycles. The van der Waals surface area contributed by atoms with Gasteiger partial charge in [0.25, 0.3) is 0 Å². The van der Waals surface area contributed by atoms with Crippen LogP contribution in [-0.4, -0.2) is 64.8 Å². The van der Waals surface area contributed by atoms with Crippen LogP contribution in [-0.2, 0) is 16.0 Å². The highest BCUT2D eigenvalue weighted by molar-refractivity contribution is 5.92. The van der Waals surface area contributed by atoms with Gasteiger partial charge in [0.15, 0.2) is 5.65 Å². The number of nitrogens with zero attached hydrogens (tertiary/aromatic N) is 4. The Bertz CT molecular complexity index is 1010. The second kappa shape index (κ2) is 8.88. The lowest BCUT2D eigenvalue weighted by Crippen LogP contribution is -2.38. The highest BCUT2D eigenvalue weighted by Crippen LogP contribution is 2.22. The van der Waals surface area contributed by atoms with Gasteiger partial charge in [-0.3, -0.25) is 9.69 Å². The lowest BCUT2D eigenvalue weighted by atomic mass is 10.1. The van der Waals surface area contributed by atoms with E-state index in [-0.39, 0.29) is 5.91 Å². The molecule has 29 heavy (non-hydrogen) atoms. The average Bonchev–Trinajstić information content (AvgIpc) is 3.11. The van der Waals surface area contributed by atoms with E-state index in [0.717, 1.165) is 79.3 Å². The molecular weight excluding hydrogens is 366 g/mol. The molecule has 1 aliphatic rings. The normalized spacial score (nSPS) is 15.2. The van der Waals surface area contributed by atoms with Gasteiger partial charge in [-0.25, -0.2) is 9.50 Å². The number of rotatable bonds is 7. The minimum Gasteiger partial charge on any atom is -0.379 e. The van der Waals surface area contributed by atoms with E-state index in [1.807, 2.05) is 35.7 Å². The molecule has 1 N–H and O–H groups in total. The SMILES string of the molecule is Cc1nc2c3ccccc3nn2c(C)c1CCC(=O)NCCCN1CCOCC1. The fourth-order valence-corrected chi connectivity index (χ4v) is 4.02. The van der Waals surface area contributed by atoms with Crippen LogP contribution in [0.4, 0.5) is 0 Å². The van der Waals surface area contributed by atoms with E-state index in [0.29, 0.717) is 12.8 Å². The van der Waals surface area contributed by atoms with Gasteiger partial charge in [0.1, 0.15) is 0 Å². The number of nitrogens with one attached hydrogen (secondary N) is 1. The standard InChI is InChI=1S/C22H29N5O2/c1-16-18(8-9-21(28)23-10-5-11-26-12-14-29-15-13-26)17(2)27-22(24-16)19-6-3-4-7-20(19)25-27/h3-4,6-7H,5,8-15H2,1-2H3,(H,23,28). The molecule has 0 radical (unpaired) electrons. The fraction of sp³-hybridized carbons (Fsp3) is 0.500. The number of carbonyl (C=O) groups excluding carboxylic acids is 1. The summed E-state index contributed by atoms with van der Waals surface area (Å²) in [5.74, 6) is 0.0940. The average molecular weight is 396 g/mol. The van der Waals surface area contributed by atoms with E-state index in [1.165, 1.54) is 0 Å². The first-order valence-corrected chi connectivity index (χ1v) is 10.4. The van der Waals surface area contributed by atoms with Crippen LogP contribution in [0.25, 0.3) is 16.6 Å². The van der Waals surface area contributed by atoms with Crippen LogP contribution in [0.5, 0.6) is 0 Å². The summed E-state index contributed by atoms with van der Waals surface area (Å²) in [6, 6.07) is 8.05. The zero-order chi connectivity index (χ0) is 20.2. The molecule has 0 atom stereocenters. The molecule has 0 aliphatic carbocycles. The highest BCUT2D eigenvalue weighted by atomic mass is 16.5. The van der Waals surface area contributed by atoms with Gasteiger partial charge >= 0.3 is 0 Å². The summed E-state index contributed by atoms with van der Waals surface area (Å²) in [5, 5.41) is 8.80. The van der Waals surface area contributed by atoms with Crippen LogP contribution in [0.15, 0.2) is 24.3 Å². The van der Waals surface area contributed by atoms with Crippen molar-refractivity contribution in [3.63, 3.8) is 0 Å². The molecule has 1 aliphatic heterocycles. The lowest BCUT2D eigenvalue weighted by molar-refractivity contribution is -0.121. The quantitative estimate of drug-likeness (QED) is 0.622. The van der Waals surface area contributed by atoms with Gasteiger partial charge in [-0.1, -0.05) is 12.1 Å². The first-order chi connectivity index (χ1) is 14.1. The third kappa shape index (κ3) is 4.41. The Balaban J connectivity index is 1.34. The first-order valence-electron chi connectivity index (χ1n) is 10.4. The maximum atomic E-state index is 12.3. The molecule has 0 unspecified atom stereocenters. The lowest BCUT2D eigenvalue weighted by Gasteiger charge is -2.26. The van der Waals surface area contributed by atoms with Crippen molar-refractivity contribution in [2.75, 3.05) is 39.4 Å². The van der Waals surface area contributed by atoms with Crippen molar-refractivity contribution in [2.24, 2.45) is 0 Å². The second-order valence-corrected chi connectivity index (χ2v) is 7.67. The predicted octanol–water partition coefficient (Wildman–Crippen LogP) is 2.27. The Kier molecular flexibility index (Phi) is 6.06. The summed E-state index contributed by atoms with van der Waals surface area (Å²) in [6.45, 7) is 9.41. The molecule has 7 nitrogen and oxygen atoms in total. The van der Waals surface area contributed by atoms with E-state index in [1.54, 1.807) is 0 Å². The minimum absolute atomic E-state index is 0.0940. The molecule has 1 saturated heterocycles. The van der Waals surface area contributed by atoms with Crippen molar-refractivity contribution in [3.8, 4) is 0 Å². The molecule has 4 rings (SSSR count). The number of aryl methyl sites for hydroxylation is 2. The third-order valence-corrected chi connectivity index (χ3v) is 5.70. The number of hydrogen-bond acceptors (Lipinski definition) is 5. The zero-order valence-corrected chi connectivity index (χ0v) is 17.3. The van der Waals surface area contributed by atoms with Gasteiger partial charge in [0, 0.05) is 42.8 Å². The minimum atomic E-state index is 0.0940. The summed E-state index contributed by atoms with van der Waals surface area (Å²) < 4.78 is 7.27. The summed E-state index contributed by atoms with van der Waals surface area (Å²) in [4.78, 5) is 19.5. The Morgan fingerprint density at radius 3 is 2.83 bits per heavy atom. The second-order valence-electron chi connectivity index (χ2n) is 7.67. The largest absolute Gasteiger partial charge is 0.379 e. The Morgan fingerprint density at radius 1 is 1.21 bits per heavy atom. The zero-order valence-electron chi connectivity index (χ0n) is 17.3. The van der Waals surface area contributed by atoms with Crippen LogP contribution < -0.4 is 5.32 Å². The third-order valence-electron chi connectivity index (χ3n) is 5.70. The Morgan fingerprint density at radius 2 is 2.00 bits per heavy atom. The number of ether oxygens (including phenoxy) is 1. The van der Waals surface area contributed by atoms with Crippen LogP contribution in [0.1, 0.15) is 29.8 Å². The number of fused-ring (bicyclic) bond motifs is 3. The molecule has 2 aromatic heterocycles. The maximum Gasteiger partial charge on any atom is 0.220 e. The Hall–Kier alpha value is -2.51. The van der Waals surface area contributed by atoms with E-state index >= 15 is 0 Å². The van der Waals surface area contributed by atoms with Gasteiger partial charge in [-0.2, -0.15) is 5.10 Å². The van der Waals surface area contributed by atoms with Gasteiger partial charge in [0.2, 0.25) is 5.91 Å². The van der Waals surface area contributed by atoms with Crippen molar-refractivity contribution in [1.29, 1.82) is 0 Å². The van der Waals surface area contributed by atoms with Crippen molar-refractivity contribution < 1.29 is 9.53 Å². The van der Waals surface area contributed by atoms with Crippen LogP contribution >= 0.6 is 0 Å². The molecule has 1 amide bonds. The summed E-state index contributed by atoms with van der Waals surface area (Å²) in [6.07, 6.45) is 2.11. The smallest absolute Gasteiger partial charge is 0.220 e. The summed E-state index contributed by atoms with van der Waals surface area (Å²) >= 11 is 0. The summed E-state index contributed by atoms with van der Waals surface area (Å²) in [7, 11) is 0. The number of aromatic nitrogens is 3. The van der Waals surface area contributed by atoms with Crippen molar-refractivity contribution >= 4 is 22.5 Å². The predicted molar refractivity (Wildman–Crippen MR) is 113 cm³/mol. The monoisotopic (exact) mass is 395 g/mol.